The van der Waals surface area contributed by atoms with Gasteiger partial charge in [-0.25, -0.2) is 0 Å². The molecule has 2 rings (SSSR count). The van der Waals surface area contributed by atoms with Gasteiger partial charge in [-0.05, 0) is 25.7 Å². The van der Waals surface area contributed by atoms with Crippen molar-refractivity contribution in [3.63, 3.8) is 0 Å². The Hall–Kier alpha value is -0.570. The summed E-state index contributed by atoms with van der Waals surface area (Å²) in [5, 5.41) is 3.13. The molecule has 1 saturated heterocycles. The minimum Gasteiger partial charge on any atom is -0.353 e. The fraction of sp³-hybridized carbons (Fsp3) is 0.917. The number of amides is 1. The lowest BCUT2D eigenvalue weighted by Crippen LogP contribution is -2.46. The van der Waals surface area contributed by atoms with Crippen LogP contribution < -0.4 is 5.32 Å². The summed E-state index contributed by atoms with van der Waals surface area (Å²) in [7, 11) is 0. The van der Waals surface area contributed by atoms with Gasteiger partial charge in [-0.3, -0.25) is 4.79 Å². The maximum atomic E-state index is 11.5. The molecular formula is C12H22N2O. The summed E-state index contributed by atoms with van der Waals surface area (Å²) >= 11 is 0. The van der Waals surface area contributed by atoms with Crippen LogP contribution in [0.3, 0.4) is 0 Å². The van der Waals surface area contributed by atoms with Crippen molar-refractivity contribution < 1.29 is 4.79 Å². The lowest BCUT2D eigenvalue weighted by atomic mass is 10.0. The molecule has 86 valence electrons. The number of carbonyl (C=O) groups is 1. The predicted octanol–water partition coefficient (Wildman–Crippen LogP) is 1.39. The molecule has 0 radical (unpaired) electrons. The lowest BCUT2D eigenvalue weighted by molar-refractivity contribution is -0.125. The van der Waals surface area contributed by atoms with Crippen LogP contribution in [-0.4, -0.2) is 36.0 Å². The molecule has 0 aromatic carbocycles. The highest BCUT2D eigenvalue weighted by molar-refractivity contribution is 5.78. The van der Waals surface area contributed by atoms with Crippen LogP contribution in [0.25, 0.3) is 0 Å². The quantitative estimate of drug-likeness (QED) is 0.763. The lowest BCUT2D eigenvalue weighted by Gasteiger charge is -2.32. The molecule has 1 heterocycles. The topological polar surface area (TPSA) is 32.3 Å². The summed E-state index contributed by atoms with van der Waals surface area (Å²) < 4.78 is 0. The molecule has 0 spiro atoms. The number of nitrogens with zero attached hydrogens (tertiary/aromatic N) is 1. The Labute approximate surface area is 92.2 Å². The Morgan fingerprint density at radius 1 is 1.20 bits per heavy atom. The highest BCUT2D eigenvalue weighted by Crippen LogP contribution is 2.29. The van der Waals surface area contributed by atoms with Gasteiger partial charge >= 0.3 is 0 Å². The summed E-state index contributed by atoms with van der Waals surface area (Å²) in [5.74, 6) is 0.325. The van der Waals surface area contributed by atoms with E-state index in [2.05, 4.69) is 10.2 Å². The summed E-state index contributed by atoms with van der Waals surface area (Å²) in [6, 6.07) is 1.31. The number of piperidine rings is 1. The smallest absolute Gasteiger partial charge is 0.222 e. The summed E-state index contributed by atoms with van der Waals surface area (Å²) in [4.78, 5) is 14.1. The van der Waals surface area contributed by atoms with Crippen molar-refractivity contribution in [2.75, 3.05) is 13.1 Å². The average molecular weight is 210 g/mol. The van der Waals surface area contributed by atoms with Gasteiger partial charge in [-0.15, -0.1) is 0 Å². The van der Waals surface area contributed by atoms with Crippen LogP contribution in [0.2, 0.25) is 0 Å². The van der Waals surface area contributed by atoms with Gasteiger partial charge in [0.25, 0.3) is 0 Å². The molecule has 1 aliphatic carbocycles. The first kappa shape index (κ1) is 10.9. The van der Waals surface area contributed by atoms with E-state index in [0.717, 1.165) is 18.9 Å². The molecule has 3 heteroatoms. The molecule has 2 fully saturated rings. The Morgan fingerprint density at radius 2 is 1.80 bits per heavy atom. The molecule has 1 saturated carbocycles. The average Bonchev–Trinajstić information content (AvgIpc) is 3.02. The molecular weight excluding hydrogens is 188 g/mol. The molecule has 3 nitrogen and oxygen atoms in total. The minimum absolute atomic E-state index is 0.117. The highest BCUT2D eigenvalue weighted by Gasteiger charge is 2.32. The number of rotatable bonds is 3. The van der Waals surface area contributed by atoms with Gasteiger partial charge in [0.05, 0.1) is 0 Å². The van der Waals surface area contributed by atoms with E-state index in [0.29, 0.717) is 6.04 Å². The Kier molecular flexibility index (Phi) is 3.29. The predicted molar refractivity (Wildman–Crippen MR) is 60.6 cm³/mol. The van der Waals surface area contributed by atoms with E-state index in [1.165, 1.54) is 25.9 Å². The van der Waals surface area contributed by atoms with E-state index in [1.807, 2.05) is 13.8 Å². The zero-order valence-corrected chi connectivity index (χ0v) is 9.83. The first-order chi connectivity index (χ1) is 7.16. The van der Waals surface area contributed by atoms with Crippen molar-refractivity contribution in [2.45, 2.75) is 51.6 Å². The van der Waals surface area contributed by atoms with Crippen LogP contribution in [-0.2, 0) is 4.79 Å². The van der Waals surface area contributed by atoms with Gasteiger partial charge in [0.1, 0.15) is 0 Å². The van der Waals surface area contributed by atoms with Crippen molar-refractivity contribution in [3.8, 4) is 0 Å². The van der Waals surface area contributed by atoms with Gasteiger partial charge in [0, 0.05) is 31.1 Å². The molecule has 0 aromatic rings. The van der Waals surface area contributed by atoms with E-state index in [9.17, 15) is 4.79 Å². The number of hydrogen-bond acceptors (Lipinski definition) is 2. The molecule has 2 aliphatic rings. The fourth-order valence-electron chi connectivity index (χ4n) is 2.22. The monoisotopic (exact) mass is 210 g/mol. The Bertz CT molecular complexity index is 228. The van der Waals surface area contributed by atoms with E-state index in [4.69, 9.17) is 0 Å². The van der Waals surface area contributed by atoms with Crippen molar-refractivity contribution in [2.24, 2.45) is 5.92 Å². The summed E-state index contributed by atoms with van der Waals surface area (Å²) in [5.41, 5.74) is 0. The van der Waals surface area contributed by atoms with Crippen molar-refractivity contribution >= 4 is 5.91 Å². The molecule has 0 unspecified atom stereocenters. The van der Waals surface area contributed by atoms with Crippen molar-refractivity contribution in [1.29, 1.82) is 0 Å². The molecule has 0 bridgehead atoms. The second-order valence-electron chi connectivity index (χ2n) is 5.20. The van der Waals surface area contributed by atoms with Gasteiger partial charge in [0.15, 0.2) is 0 Å². The molecule has 1 aliphatic heterocycles. The first-order valence-electron chi connectivity index (χ1n) is 6.21. The van der Waals surface area contributed by atoms with Crippen LogP contribution in [0.4, 0.5) is 0 Å². The normalized spacial score (nSPS) is 24.5. The Balaban J connectivity index is 1.70. The van der Waals surface area contributed by atoms with Crippen LogP contribution >= 0.6 is 0 Å². The standard InChI is InChI=1S/C12H22N2O/c1-9(2)12(15)13-10-5-7-14(8-6-10)11-3-4-11/h9-11H,3-8H2,1-2H3,(H,13,15). The minimum atomic E-state index is 0.117. The SMILES string of the molecule is CC(C)C(=O)NC1CCN(C2CC2)CC1. The molecule has 1 amide bonds. The molecule has 1 N–H and O–H groups in total. The molecule has 0 atom stereocenters. The molecule has 0 aromatic heterocycles. The van der Waals surface area contributed by atoms with Crippen LogP contribution in [0.1, 0.15) is 39.5 Å². The Morgan fingerprint density at radius 3 is 2.27 bits per heavy atom. The zero-order valence-electron chi connectivity index (χ0n) is 9.83. The van der Waals surface area contributed by atoms with Gasteiger partial charge in [0.2, 0.25) is 5.91 Å². The molecule has 15 heavy (non-hydrogen) atoms. The number of likely N-dealkylation sites (tertiary alicyclic amines) is 1. The third-order valence-corrected chi connectivity index (χ3v) is 3.46. The van der Waals surface area contributed by atoms with Crippen LogP contribution in [0.15, 0.2) is 0 Å². The number of nitrogens with one attached hydrogen (secondary N) is 1. The number of carbonyl (C=O) groups excluding carboxylic acids is 1. The van der Waals surface area contributed by atoms with Gasteiger partial charge in [-0.1, -0.05) is 13.8 Å². The van der Waals surface area contributed by atoms with Crippen LogP contribution in [0, 0.1) is 5.92 Å². The van der Waals surface area contributed by atoms with Crippen LogP contribution in [0.5, 0.6) is 0 Å². The van der Waals surface area contributed by atoms with E-state index in [1.54, 1.807) is 0 Å². The maximum absolute atomic E-state index is 11.5. The zero-order chi connectivity index (χ0) is 10.8. The van der Waals surface area contributed by atoms with E-state index < -0.39 is 0 Å². The van der Waals surface area contributed by atoms with Crippen molar-refractivity contribution in [3.05, 3.63) is 0 Å². The third-order valence-electron chi connectivity index (χ3n) is 3.46. The second kappa shape index (κ2) is 4.52. The van der Waals surface area contributed by atoms with Gasteiger partial charge < -0.3 is 10.2 Å². The summed E-state index contributed by atoms with van der Waals surface area (Å²) in [6.07, 6.45) is 5.05. The first-order valence-corrected chi connectivity index (χ1v) is 6.21. The highest BCUT2D eigenvalue weighted by atomic mass is 16.1. The van der Waals surface area contributed by atoms with E-state index >= 15 is 0 Å². The fourth-order valence-corrected chi connectivity index (χ4v) is 2.22. The maximum Gasteiger partial charge on any atom is 0.222 e. The summed E-state index contributed by atoms with van der Waals surface area (Å²) in [6.45, 7) is 6.25. The largest absolute Gasteiger partial charge is 0.353 e. The van der Waals surface area contributed by atoms with Crippen molar-refractivity contribution in [1.82, 2.24) is 10.2 Å². The second-order valence-corrected chi connectivity index (χ2v) is 5.20. The van der Waals surface area contributed by atoms with E-state index in [-0.39, 0.29) is 11.8 Å². The number of hydrogen-bond donors (Lipinski definition) is 1. The van der Waals surface area contributed by atoms with Gasteiger partial charge in [-0.2, -0.15) is 0 Å². The third kappa shape index (κ3) is 2.94.